The van der Waals surface area contributed by atoms with Gasteiger partial charge < -0.3 is 26.6 Å². The highest BCUT2D eigenvalue weighted by molar-refractivity contribution is 5.94. The molecule has 0 unspecified atom stereocenters. The molecule has 6 N–H and O–H groups in total. The first-order chi connectivity index (χ1) is 14.9. The highest BCUT2D eigenvalue weighted by Gasteiger charge is 2.12. The number of hydrogen-bond donors (Lipinski definition) is 5. The number of aliphatic hydroxyl groups is 1. The number of carbonyl (C=O) groups excluding carboxylic acids is 1. The summed E-state index contributed by atoms with van der Waals surface area (Å²) in [5.74, 6) is 0.424. The third-order valence-corrected chi connectivity index (χ3v) is 4.95. The molecule has 1 aromatic heterocycles. The lowest BCUT2D eigenvalue weighted by atomic mass is 10.0. The van der Waals surface area contributed by atoms with E-state index in [-0.39, 0.29) is 17.7 Å². The molecule has 1 amide bonds. The van der Waals surface area contributed by atoms with Crippen LogP contribution in [0.25, 0.3) is 0 Å². The first kappa shape index (κ1) is 22.3. The Morgan fingerprint density at radius 1 is 1.10 bits per heavy atom. The molecule has 0 aliphatic rings. The van der Waals surface area contributed by atoms with Crippen LogP contribution in [0.4, 0.5) is 5.82 Å². The number of rotatable bonds is 9. The first-order valence-electron chi connectivity index (χ1n) is 10.2. The van der Waals surface area contributed by atoms with E-state index in [1.54, 1.807) is 42.6 Å². The van der Waals surface area contributed by atoms with Gasteiger partial charge in [0.1, 0.15) is 11.6 Å². The van der Waals surface area contributed by atoms with Crippen molar-refractivity contribution in [2.24, 2.45) is 0 Å². The Morgan fingerprint density at radius 2 is 1.87 bits per heavy atom. The van der Waals surface area contributed by atoms with Gasteiger partial charge >= 0.3 is 0 Å². The lowest BCUT2D eigenvalue weighted by Crippen LogP contribution is -2.32. The van der Waals surface area contributed by atoms with Gasteiger partial charge in [0.2, 0.25) is 0 Å². The number of pyridine rings is 1. The van der Waals surface area contributed by atoms with Gasteiger partial charge in [0.25, 0.3) is 5.91 Å². The standard InChI is InChI=1S/C24H28N4O3/c1-16(26-15-22(30)20-8-9-23(25)27-14-20)10-17-4-2-6-19(11-17)24(31)28-13-18-5-3-7-21(29)12-18/h2-9,11-12,14,16,22,26,29-30H,10,13,15H2,1H3,(H2,25,27)(H,28,31)/t16-,22-/m1/s1. The largest absolute Gasteiger partial charge is 0.508 e. The van der Waals surface area contributed by atoms with E-state index in [0.29, 0.717) is 36.5 Å². The number of phenols is 1. The van der Waals surface area contributed by atoms with E-state index < -0.39 is 6.10 Å². The van der Waals surface area contributed by atoms with Crippen molar-refractivity contribution >= 4 is 11.7 Å². The van der Waals surface area contributed by atoms with Gasteiger partial charge in [-0.25, -0.2) is 4.98 Å². The lowest BCUT2D eigenvalue weighted by molar-refractivity contribution is 0.0950. The van der Waals surface area contributed by atoms with Crippen LogP contribution in [0.2, 0.25) is 0 Å². The highest BCUT2D eigenvalue weighted by Crippen LogP contribution is 2.14. The number of phenolic OH excluding ortho intramolecular Hbond substituents is 1. The minimum atomic E-state index is -0.676. The van der Waals surface area contributed by atoms with E-state index in [2.05, 4.69) is 15.6 Å². The molecule has 0 spiro atoms. The Bertz CT molecular complexity index is 1010. The van der Waals surface area contributed by atoms with Gasteiger partial charge in [0.15, 0.2) is 0 Å². The molecule has 0 aliphatic carbocycles. The maximum atomic E-state index is 12.5. The molecule has 0 aliphatic heterocycles. The van der Waals surface area contributed by atoms with Crippen LogP contribution in [0, 0.1) is 0 Å². The van der Waals surface area contributed by atoms with Gasteiger partial charge in [-0.3, -0.25) is 4.79 Å². The molecule has 3 rings (SSSR count). The maximum Gasteiger partial charge on any atom is 0.251 e. The Hall–Kier alpha value is -3.42. The summed E-state index contributed by atoms with van der Waals surface area (Å²) in [5.41, 5.74) is 8.72. The molecule has 0 fully saturated rings. The van der Waals surface area contributed by atoms with Crippen molar-refractivity contribution in [3.8, 4) is 5.75 Å². The summed E-state index contributed by atoms with van der Waals surface area (Å²) < 4.78 is 0. The molecule has 2 atom stereocenters. The van der Waals surface area contributed by atoms with Gasteiger partial charge in [0, 0.05) is 36.5 Å². The molecule has 0 saturated heterocycles. The van der Waals surface area contributed by atoms with Crippen LogP contribution in [0.3, 0.4) is 0 Å². The summed E-state index contributed by atoms with van der Waals surface area (Å²) in [5, 5.41) is 26.0. The van der Waals surface area contributed by atoms with Gasteiger partial charge in [-0.2, -0.15) is 0 Å². The number of aromatic nitrogens is 1. The minimum Gasteiger partial charge on any atom is -0.508 e. The SMILES string of the molecule is C[C@H](Cc1cccc(C(=O)NCc2cccc(O)c2)c1)NC[C@@H](O)c1ccc(N)nc1. The number of hydrogen-bond acceptors (Lipinski definition) is 6. The Morgan fingerprint density at radius 3 is 2.61 bits per heavy atom. The number of benzene rings is 2. The van der Waals surface area contributed by atoms with Gasteiger partial charge in [-0.15, -0.1) is 0 Å². The molecule has 7 heteroatoms. The minimum absolute atomic E-state index is 0.0991. The molecule has 0 radical (unpaired) electrons. The molecular formula is C24H28N4O3. The van der Waals surface area contributed by atoms with Crippen LogP contribution >= 0.6 is 0 Å². The van der Waals surface area contributed by atoms with Crippen molar-refractivity contribution in [1.82, 2.24) is 15.6 Å². The third kappa shape index (κ3) is 6.80. The predicted molar refractivity (Wildman–Crippen MR) is 120 cm³/mol. The molecule has 0 bridgehead atoms. The van der Waals surface area contributed by atoms with Crippen LogP contribution in [-0.2, 0) is 13.0 Å². The fraction of sp³-hybridized carbons (Fsp3) is 0.250. The molecule has 0 saturated carbocycles. The van der Waals surface area contributed by atoms with E-state index in [4.69, 9.17) is 5.73 Å². The second-order valence-electron chi connectivity index (χ2n) is 7.60. The quantitative estimate of drug-likeness (QED) is 0.363. The summed E-state index contributed by atoms with van der Waals surface area (Å²) in [6.07, 6.45) is 1.61. The van der Waals surface area contributed by atoms with Gasteiger partial charge in [0.05, 0.1) is 6.10 Å². The average Bonchev–Trinajstić information content (AvgIpc) is 2.76. The lowest BCUT2D eigenvalue weighted by Gasteiger charge is -2.18. The second kappa shape index (κ2) is 10.6. The van der Waals surface area contributed by atoms with Crippen LogP contribution in [0.15, 0.2) is 66.9 Å². The number of anilines is 1. The van der Waals surface area contributed by atoms with Crippen LogP contribution in [0.5, 0.6) is 5.75 Å². The molecule has 7 nitrogen and oxygen atoms in total. The Kier molecular flexibility index (Phi) is 7.59. The monoisotopic (exact) mass is 420 g/mol. The van der Waals surface area contributed by atoms with Crippen molar-refractivity contribution in [3.63, 3.8) is 0 Å². The zero-order chi connectivity index (χ0) is 22.2. The van der Waals surface area contributed by atoms with Gasteiger partial charge in [-0.05, 0) is 54.8 Å². The zero-order valence-corrected chi connectivity index (χ0v) is 17.5. The smallest absolute Gasteiger partial charge is 0.251 e. The number of aliphatic hydroxyl groups excluding tert-OH is 1. The molecule has 162 valence electrons. The number of amides is 1. The van der Waals surface area contributed by atoms with E-state index in [9.17, 15) is 15.0 Å². The molecule has 31 heavy (non-hydrogen) atoms. The van der Waals surface area contributed by atoms with Crippen LogP contribution < -0.4 is 16.4 Å². The Labute approximate surface area is 182 Å². The highest BCUT2D eigenvalue weighted by atomic mass is 16.3. The molecule has 3 aromatic rings. The second-order valence-corrected chi connectivity index (χ2v) is 7.60. The van der Waals surface area contributed by atoms with Crippen molar-refractivity contribution in [3.05, 3.63) is 89.1 Å². The van der Waals surface area contributed by atoms with E-state index >= 15 is 0 Å². The predicted octanol–water partition coefficient (Wildman–Crippen LogP) is 2.55. The molecular weight excluding hydrogens is 392 g/mol. The summed E-state index contributed by atoms with van der Waals surface area (Å²) in [6.45, 7) is 2.76. The van der Waals surface area contributed by atoms with Crippen LogP contribution in [0.1, 0.15) is 40.1 Å². The van der Waals surface area contributed by atoms with E-state index in [1.807, 2.05) is 31.2 Å². The third-order valence-electron chi connectivity index (χ3n) is 4.95. The topological polar surface area (TPSA) is 120 Å². The number of nitrogens with two attached hydrogens (primary N) is 1. The van der Waals surface area contributed by atoms with Crippen molar-refractivity contribution in [2.45, 2.75) is 32.0 Å². The zero-order valence-electron chi connectivity index (χ0n) is 17.5. The number of nitrogens with zero attached hydrogens (tertiary/aromatic N) is 1. The molecule has 2 aromatic carbocycles. The normalized spacial score (nSPS) is 12.8. The maximum absolute atomic E-state index is 12.5. The Balaban J connectivity index is 1.50. The summed E-state index contributed by atoms with van der Waals surface area (Å²) in [4.78, 5) is 16.5. The van der Waals surface area contributed by atoms with Crippen molar-refractivity contribution in [1.29, 1.82) is 0 Å². The van der Waals surface area contributed by atoms with Gasteiger partial charge in [-0.1, -0.05) is 30.3 Å². The number of carbonyl (C=O) groups is 1. The van der Waals surface area contributed by atoms with Crippen molar-refractivity contribution in [2.75, 3.05) is 12.3 Å². The molecule has 1 heterocycles. The van der Waals surface area contributed by atoms with Crippen LogP contribution in [-0.4, -0.2) is 33.7 Å². The van der Waals surface area contributed by atoms with E-state index in [0.717, 1.165) is 11.1 Å². The number of aromatic hydroxyl groups is 1. The summed E-state index contributed by atoms with van der Waals surface area (Å²) in [6, 6.07) is 17.8. The summed E-state index contributed by atoms with van der Waals surface area (Å²) in [7, 11) is 0. The summed E-state index contributed by atoms with van der Waals surface area (Å²) >= 11 is 0. The van der Waals surface area contributed by atoms with Crippen molar-refractivity contribution < 1.29 is 15.0 Å². The first-order valence-corrected chi connectivity index (χ1v) is 10.2. The fourth-order valence-corrected chi connectivity index (χ4v) is 3.26. The fourth-order valence-electron chi connectivity index (χ4n) is 3.26. The number of nitrogens with one attached hydrogen (secondary N) is 2. The van der Waals surface area contributed by atoms with E-state index in [1.165, 1.54) is 0 Å². The number of nitrogen functional groups attached to an aromatic ring is 1. The average molecular weight is 421 g/mol.